The van der Waals surface area contributed by atoms with Crippen LogP contribution in [0.3, 0.4) is 0 Å². The van der Waals surface area contributed by atoms with Crippen LogP contribution in [0.15, 0.2) is 24.3 Å². The standard InChI is InChI=1S/C15H21F3N2O/c1-19(2)9-13-7-14(21)10-20(13)8-11-3-5-12(6-4-11)15(16,17)18/h3-6,13-14,21H,7-10H2,1-2H3. The molecule has 1 aromatic carbocycles. The Hall–Kier alpha value is -1.11. The summed E-state index contributed by atoms with van der Waals surface area (Å²) < 4.78 is 37.6. The highest BCUT2D eigenvalue weighted by molar-refractivity contribution is 5.24. The second-order valence-electron chi connectivity index (χ2n) is 5.93. The molecule has 0 spiro atoms. The molecule has 21 heavy (non-hydrogen) atoms. The van der Waals surface area contributed by atoms with Gasteiger partial charge in [0, 0.05) is 25.7 Å². The summed E-state index contributed by atoms with van der Waals surface area (Å²) in [7, 11) is 3.95. The number of alkyl halides is 3. The summed E-state index contributed by atoms with van der Waals surface area (Å²) in [6.07, 6.45) is -3.95. The molecule has 0 saturated carbocycles. The van der Waals surface area contributed by atoms with E-state index in [1.54, 1.807) is 0 Å². The van der Waals surface area contributed by atoms with E-state index >= 15 is 0 Å². The number of rotatable bonds is 4. The third kappa shape index (κ3) is 4.43. The molecule has 2 unspecified atom stereocenters. The lowest BCUT2D eigenvalue weighted by Gasteiger charge is -2.26. The Morgan fingerprint density at radius 1 is 1.24 bits per heavy atom. The highest BCUT2D eigenvalue weighted by Gasteiger charge is 2.32. The molecule has 0 radical (unpaired) electrons. The molecule has 0 amide bonds. The van der Waals surface area contributed by atoms with Crippen molar-refractivity contribution in [3.05, 3.63) is 35.4 Å². The van der Waals surface area contributed by atoms with Crippen molar-refractivity contribution >= 4 is 0 Å². The van der Waals surface area contributed by atoms with Gasteiger partial charge in [-0.05, 0) is 38.2 Å². The van der Waals surface area contributed by atoms with Gasteiger partial charge in [-0.1, -0.05) is 12.1 Å². The third-order valence-corrected chi connectivity index (χ3v) is 3.75. The smallest absolute Gasteiger partial charge is 0.392 e. The molecule has 1 N–H and O–H groups in total. The van der Waals surface area contributed by atoms with Crippen LogP contribution < -0.4 is 0 Å². The molecular formula is C15H21F3N2O. The van der Waals surface area contributed by atoms with Crippen LogP contribution in [0.5, 0.6) is 0 Å². The maximum atomic E-state index is 12.5. The predicted octanol–water partition coefficient (Wildman–Crippen LogP) is 2.20. The minimum Gasteiger partial charge on any atom is -0.392 e. The van der Waals surface area contributed by atoms with Crippen LogP contribution in [0, 0.1) is 0 Å². The monoisotopic (exact) mass is 302 g/mol. The van der Waals surface area contributed by atoms with Crippen LogP contribution >= 0.6 is 0 Å². The van der Waals surface area contributed by atoms with E-state index in [4.69, 9.17) is 0 Å². The lowest BCUT2D eigenvalue weighted by molar-refractivity contribution is -0.137. The first-order valence-corrected chi connectivity index (χ1v) is 6.98. The normalized spacial score (nSPS) is 24.0. The Bertz CT molecular complexity index is 459. The summed E-state index contributed by atoms with van der Waals surface area (Å²) in [6, 6.07) is 5.49. The molecule has 0 aromatic heterocycles. The summed E-state index contributed by atoms with van der Waals surface area (Å²) in [5.74, 6) is 0. The van der Waals surface area contributed by atoms with Gasteiger partial charge in [-0.2, -0.15) is 13.2 Å². The number of hydrogen-bond acceptors (Lipinski definition) is 3. The first kappa shape index (κ1) is 16.3. The molecule has 118 valence electrons. The van der Waals surface area contributed by atoms with Gasteiger partial charge in [0.2, 0.25) is 0 Å². The number of β-amino-alcohol motifs (C(OH)–C–C–N with tert-alkyl or cyclic N) is 1. The zero-order valence-electron chi connectivity index (χ0n) is 12.3. The van der Waals surface area contributed by atoms with Gasteiger partial charge < -0.3 is 10.0 Å². The van der Waals surface area contributed by atoms with Gasteiger partial charge in [-0.25, -0.2) is 0 Å². The van der Waals surface area contributed by atoms with Crippen LogP contribution in [0.2, 0.25) is 0 Å². The molecule has 1 aliphatic heterocycles. The van der Waals surface area contributed by atoms with E-state index in [9.17, 15) is 18.3 Å². The number of aliphatic hydroxyl groups excluding tert-OH is 1. The van der Waals surface area contributed by atoms with Crippen molar-refractivity contribution in [2.75, 3.05) is 27.2 Å². The Morgan fingerprint density at radius 2 is 1.86 bits per heavy atom. The van der Waals surface area contributed by atoms with Gasteiger partial charge in [-0.3, -0.25) is 4.90 Å². The van der Waals surface area contributed by atoms with E-state index in [1.807, 2.05) is 14.1 Å². The maximum absolute atomic E-state index is 12.5. The van der Waals surface area contributed by atoms with Crippen molar-refractivity contribution in [3.63, 3.8) is 0 Å². The van der Waals surface area contributed by atoms with E-state index in [1.165, 1.54) is 12.1 Å². The average Bonchev–Trinajstić information content (AvgIpc) is 2.68. The highest BCUT2D eigenvalue weighted by atomic mass is 19.4. The summed E-state index contributed by atoms with van der Waals surface area (Å²) >= 11 is 0. The zero-order valence-corrected chi connectivity index (χ0v) is 12.3. The van der Waals surface area contributed by atoms with Crippen molar-refractivity contribution in [1.82, 2.24) is 9.80 Å². The minimum absolute atomic E-state index is 0.234. The maximum Gasteiger partial charge on any atom is 0.416 e. The fraction of sp³-hybridized carbons (Fsp3) is 0.600. The number of hydrogen-bond donors (Lipinski definition) is 1. The molecule has 6 heteroatoms. The van der Waals surface area contributed by atoms with E-state index in [2.05, 4.69) is 9.80 Å². The van der Waals surface area contributed by atoms with Crippen molar-refractivity contribution in [2.24, 2.45) is 0 Å². The van der Waals surface area contributed by atoms with Gasteiger partial charge >= 0.3 is 6.18 Å². The van der Waals surface area contributed by atoms with Gasteiger partial charge in [0.1, 0.15) is 0 Å². The minimum atomic E-state index is -4.30. The molecule has 1 aromatic rings. The van der Waals surface area contributed by atoms with Crippen LogP contribution in [0.1, 0.15) is 17.5 Å². The van der Waals surface area contributed by atoms with E-state index in [0.29, 0.717) is 19.5 Å². The third-order valence-electron chi connectivity index (χ3n) is 3.75. The SMILES string of the molecule is CN(C)CC1CC(O)CN1Cc1ccc(C(F)(F)F)cc1. The van der Waals surface area contributed by atoms with Gasteiger partial charge in [-0.15, -0.1) is 0 Å². The Balaban J connectivity index is 2.03. The van der Waals surface area contributed by atoms with E-state index in [0.717, 1.165) is 24.2 Å². The molecule has 0 bridgehead atoms. The predicted molar refractivity (Wildman–Crippen MR) is 74.8 cm³/mol. The fourth-order valence-electron chi connectivity index (χ4n) is 2.80. The Morgan fingerprint density at radius 3 is 2.38 bits per heavy atom. The lowest BCUT2D eigenvalue weighted by Crippen LogP contribution is -2.37. The van der Waals surface area contributed by atoms with Gasteiger partial charge in [0.15, 0.2) is 0 Å². The van der Waals surface area contributed by atoms with Crippen molar-refractivity contribution in [1.29, 1.82) is 0 Å². The first-order valence-electron chi connectivity index (χ1n) is 6.98. The van der Waals surface area contributed by atoms with E-state index in [-0.39, 0.29) is 12.1 Å². The lowest BCUT2D eigenvalue weighted by atomic mass is 10.1. The largest absolute Gasteiger partial charge is 0.416 e. The van der Waals surface area contributed by atoms with Crippen LogP contribution in [-0.4, -0.2) is 54.2 Å². The molecule has 1 saturated heterocycles. The Labute approximate surface area is 123 Å². The van der Waals surface area contributed by atoms with Crippen molar-refractivity contribution < 1.29 is 18.3 Å². The summed E-state index contributed by atoms with van der Waals surface area (Å²) in [5, 5.41) is 9.80. The molecule has 3 nitrogen and oxygen atoms in total. The number of likely N-dealkylation sites (tertiary alicyclic amines) is 1. The van der Waals surface area contributed by atoms with Crippen LogP contribution in [-0.2, 0) is 12.7 Å². The molecule has 0 aliphatic carbocycles. The number of halogens is 3. The summed E-state index contributed by atoms with van der Waals surface area (Å²) in [5.41, 5.74) is 0.207. The molecule has 2 rings (SSSR count). The number of nitrogens with zero attached hydrogens (tertiary/aromatic N) is 2. The number of benzene rings is 1. The molecule has 1 heterocycles. The number of aliphatic hydroxyl groups is 1. The zero-order chi connectivity index (χ0) is 15.6. The molecule has 1 aliphatic rings. The second-order valence-corrected chi connectivity index (χ2v) is 5.93. The average molecular weight is 302 g/mol. The topological polar surface area (TPSA) is 26.7 Å². The van der Waals surface area contributed by atoms with Crippen LogP contribution in [0.25, 0.3) is 0 Å². The second kappa shape index (κ2) is 6.34. The van der Waals surface area contributed by atoms with E-state index < -0.39 is 11.7 Å². The summed E-state index contributed by atoms with van der Waals surface area (Å²) in [4.78, 5) is 4.19. The molecule has 2 atom stereocenters. The van der Waals surface area contributed by atoms with Crippen molar-refractivity contribution in [3.8, 4) is 0 Å². The van der Waals surface area contributed by atoms with Gasteiger partial charge in [0.25, 0.3) is 0 Å². The quantitative estimate of drug-likeness (QED) is 0.924. The highest BCUT2D eigenvalue weighted by Crippen LogP contribution is 2.29. The Kier molecular flexibility index (Phi) is 4.91. The van der Waals surface area contributed by atoms with Crippen LogP contribution in [0.4, 0.5) is 13.2 Å². The number of likely N-dealkylation sites (N-methyl/N-ethyl adjacent to an activating group) is 1. The van der Waals surface area contributed by atoms with Crippen molar-refractivity contribution in [2.45, 2.75) is 31.3 Å². The molecular weight excluding hydrogens is 281 g/mol. The van der Waals surface area contributed by atoms with Gasteiger partial charge in [0.05, 0.1) is 11.7 Å². The summed E-state index contributed by atoms with van der Waals surface area (Å²) in [6.45, 7) is 1.96. The molecule has 1 fully saturated rings. The fourth-order valence-corrected chi connectivity index (χ4v) is 2.80. The first-order chi connectivity index (χ1) is 9.75.